The normalized spacial score (nSPS) is 12.2. The highest BCUT2D eigenvalue weighted by Gasteiger charge is 2.18. The van der Waals surface area contributed by atoms with E-state index in [1.807, 2.05) is 43.3 Å². The molecular weight excluding hydrogens is 420 g/mol. The minimum absolute atomic E-state index is 0.229. The first-order valence-electron chi connectivity index (χ1n) is 9.19. The summed E-state index contributed by atoms with van der Waals surface area (Å²) in [5.41, 5.74) is 3.14. The number of ether oxygens (including phenoxy) is 2. The molecule has 0 unspecified atom stereocenters. The molecule has 0 saturated heterocycles. The fraction of sp³-hybridized carbons (Fsp3) is 0.130. The van der Waals surface area contributed by atoms with Crippen LogP contribution in [0.1, 0.15) is 27.1 Å². The predicted octanol–water partition coefficient (Wildman–Crippen LogP) is 5.55. The number of rotatable bonds is 5. The van der Waals surface area contributed by atoms with Gasteiger partial charge in [0.1, 0.15) is 11.1 Å². The van der Waals surface area contributed by atoms with Gasteiger partial charge in [0.05, 0.1) is 5.56 Å². The SMILES string of the molecule is Cc1c(Cc2ccc3c(c2)OCO3)sc(NC(=O)/C=C/c2ccccc2Cl)c1C#N. The molecule has 1 amide bonds. The van der Waals surface area contributed by atoms with Crippen LogP contribution in [0.2, 0.25) is 5.02 Å². The molecule has 0 spiro atoms. The van der Waals surface area contributed by atoms with Crippen LogP contribution in [0.15, 0.2) is 48.5 Å². The Kier molecular flexibility index (Phi) is 5.75. The second-order valence-corrected chi connectivity index (χ2v) is 8.19. The van der Waals surface area contributed by atoms with Crippen molar-refractivity contribution in [1.82, 2.24) is 0 Å². The predicted molar refractivity (Wildman–Crippen MR) is 118 cm³/mol. The minimum Gasteiger partial charge on any atom is -0.454 e. The maximum Gasteiger partial charge on any atom is 0.249 e. The van der Waals surface area contributed by atoms with Crippen LogP contribution in [0, 0.1) is 18.3 Å². The number of amides is 1. The number of nitrogens with zero attached hydrogens (tertiary/aromatic N) is 1. The zero-order chi connectivity index (χ0) is 21.1. The zero-order valence-corrected chi connectivity index (χ0v) is 17.6. The molecule has 30 heavy (non-hydrogen) atoms. The number of carbonyl (C=O) groups is 1. The first-order valence-corrected chi connectivity index (χ1v) is 10.4. The molecule has 0 atom stereocenters. The summed E-state index contributed by atoms with van der Waals surface area (Å²) >= 11 is 7.52. The lowest BCUT2D eigenvalue weighted by Crippen LogP contribution is -2.07. The number of hydrogen-bond acceptors (Lipinski definition) is 5. The van der Waals surface area contributed by atoms with Crippen LogP contribution < -0.4 is 14.8 Å². The summed E-state index contributed by atoms with van der Waals surface area (Å²) in [5, 5.41) is 13.5. The fourth-order valence-electron chi connectivity index (χ4n) is 3.12. The van der Waals surface area contributed by atoms with Crippen molar-refractivity contribution in [3.8, 4) is 17.6 Å². The van der Waals surface area contributed by atoms with Crippen molar-refractivity contribution in [2.24, 2.45) is 0 Å². The second kappa shape index (κ2) is 8.62. The van der Waals surface area contributed by atoms with Gasteiger partial charge in [0, 0.05) is 22.4 Å². The molecule has 0 aliphatic carbocycles. The van der Waals surface area contributed by atoms with E-state index in [0.29, 0.717) is 22.0 Å². The maximum atomic E-state index is 12.4. The van der Waals surface area contributed by atoms with Crippen LogP contribution >= 0.6 is 22.9 Å². The van der Waals surface area contributed by atoms with Gasteiger partial charge in [0.15, 0.2) is 11.5 Å². The second-order valence-electron chi connectivity index (χ2n) is 6.67. The van der Waals surface area contributed by atoms with E-state index in [1.165, 1.54) is 17.4 Å². The highest BCUT2D eigenvalue weighted by Crippen LogP contribution is 2.37. The quantitative estimate of drug-likeness (QED) is 0.532. The van der Waals surface area contributed by atoms with Gasteiger partial charge in [-0.3, -0.25) is 4.79 Å². The standard InChI is InChI=1S/C23H17ClN2O3S/c1-14-17(12-25)23(26-22(27)9-7-16-4-2-3-5-18(16)24)30-21(14)11-15-6-8-19-20(10-15)29-13-28-19/h2-10H,11,13H2,1H3,(H,26,27)/b9-7+. The molecule has 1 N–H and O–H groups in total. The Morgan fingerprint density at radius 3 is 2.87 bits per heavy atom. The van der Waals surface area contributed by atoms with Gasteiger partial charge in [-0.05, 0) is 47.9 Å². The Balaban J connectivity index is 1.52. The van der Waals surface area contributed by atoms with Crippen LogP contribution in [0.3, 0.4) is 0 Å². The number of benzene rings is 2. The lowest BCUT2D eigenvalue weighted by molar-refractivity contribution is -0.111. The van der Waals surface area contributed by atoms with E-state index in [-0.39, 0.29) is 12.7 Å². The summed E-state index contributed by atoms with van der Waals surface area (Å²) in [7, 11) is 0. The third kappa shape index (κ3) is 4.18. The van der Waals surface area contributed by atoms with E-state index < -0.39 is 0 Å². The first kappa shape index (κ1) is 20.0. The molecule has 2 heterocycles. The Morgan fingerprint density at radius 1 is 1.27 bits per heavy atom. The Labute approximate surface area is 183 Å². The van der Waals surface area contributed by atoms with E-state index in [4.69, 9.17) is 21.1 Å². The van der Waals surface area contributed by atoms with E-state index in [2.05, 4.69) is 11.4 Å². The smallest absolute Gasteiger partial charge is 0.249 e. The topological polar surface area (TPSA) is 71.3 Å². The van der Waals surface area contributed by atoms with Crippen molar-refractivity contribution in [3.05, 3.63) is 80.7 Å². The van der Waals surface area contributed by atoms with Gasteiger partial charge in [0.2, 0.25) is 12.7 Å². The lowest BCUT2D eigenvalue weighted by Gasteiger charge is -2.02. The molecule has 2 aromatic carbocycles. The van der Waals surface area contributed by atoms with Crippen LogP contribution in [-0.2, 0) is 11.2 Å². The summed E-state index contributed by atoms with van der Waals surface area (Å²) in [5.74, 6) is 1.14. The maximum absolute atomic E-state index is 12.4. The molecule has 0 bridgehead atoms. The average molecular weight is 437 g/mol. The van der Waals surface area contributed by atoms with Crippen molar-refractivity contribution in [2.75, 3.05) is 12.1 Å². The van der Waals surface area contributed by atoms with Gasteiger partial charge >= 0.3 is 0 Å². The molecule has 7 heteroatoms. The molecular formula is C23H17ClN2O3S. The van der Waals surface area contributed by atoms with Gasteiger partial charge in [-0.25, -0.2) is 0 Å². The summed E-state index contributed by atoms with van der Waals surface area (Å²) in [6.45, 7) is 2.12. The summed E-state index contributed by atoms with van der Waals surface area (Å²) in [6, 6.07) is 15.3. The molecule has 0 saturated carbocycles. The molecule has 0 radical (unpaired) electrons. The number of carbonyl (C=O) groups excluding carboxylic acids is 1. The van der Waals surface area contributed by atoms with Gasteiger partial charge in [0.25, 0.3) is 0 Å². The summed E-state index contributed by atoms with van der Waals surface area (Å²) in [4.78, 5) is 13.4. The first-order chi connectivity index (χ1) is 14.5. The van der Waals surface area contributed by atoms with Crippen LogP contribution in [0.4, 0.5) is 5.00 Å². The molecule has 3 aromatic rings. The van der Waals surface area contributed by atoms with Crippen LogP contribution in [0.5, 0.6) is 11.5 Å². The van der Waals surface area contributed by atoms with Gasteiger partial charge in [-0.2, -0.15) is 5.26 Å². The molecule has 5 nitrogen and oxygen atoms in total. The largest absolute Gasteiger partial charge is 0.454 e. The number of halogens is 1. The Morgan fingerprint density at radius 2 is 2.07 bits per heavy atom. The monoisotopic (exact) mass is 436 g/mol. The van der Waals surface area contributed by atoms with Crippen LogP contribution in [-0.4, -0.2) is 12.7 Å². The van der Waals surface area contributed by atoms with Gasteiger partial charge in [-0.15, -0.1) is 11.3 Å². The van der Waals surface area contributed by atoms with Crippen molar-refractivity contribution in [2.45, 2.75) is 13.3 Å². The number of nitrogens with one attached hydrogen (secondary N) is 1. The Hall–Kier alpha value is -3.27. The number of fused-ring (bicyclic) bond motifs is 1. The third-order valence-electron chi connectivity index (χ3n) is 4.72. The van der Waals surface area contributed by atoms with Gasteiger partial charge < -0.3 is 14.8 Å². The van der Waals surface area contributed by atoms with Crippen molar-refractivity contribution in [1.29, 1.82) is 5.26 Å². The molecule has 1 aliphatic rings. The minimum atomic E-state index is -0.317. The van der Waals surface area contributed by atoms with Crippen molar-refractivity contribution >= 4 is 39.9 Å². The van der Waals surface area contributed by atoms with Gasteiger partial charge in [-0.1, -0.05) is 35.9 Å². The molecule has 1 aliphatic heterocycles. The molecule has 150 valence electrons. The van der Waals surface area contributed by atoms with E-state index in [0.717, 1.165) is 33.1 Å². The van der Waals surface area contributed by atoms with E-state index >= 15 is 0 Å². The summed E-state index contributed by atoms with van der Waals surface area (Å²) < 4.78 is 10.8. The van der Waals surface area contributed by atoms with Crippen molar-refractivity contribution in [3.63, 3.8) is 0 Å². The number of nitriles is 1. The number of anilines is 1. The van der Waals surface area contributed by atoms with Crippen LogP contribution in [0.25, 0.3) is 6.08 Å². The highest BCUT2D eigenvalue weighted by atomic mass is 35.5. The zero-order valence-electron chi connectivity index (χ0n) is 16.1. The average Bonchev–Trinajstić information content (AvgIpc) is 3.31. The molecule has 0 fully saturated rings. The lowest BCUT2D eigenvalue weighted by atomic mass is 10.1. The number of thiophene rings is 1. The summed E-state index contributed by atoms with van der Waals surface area (Å²) in [6.07, 6.45) is 3.69. The Bertz CT molecular complexity index is 1190. The van der Waals surface area contributed by atoms with E-state index in [9.17, 15) is 10.1 Å². The van der Waals surface area contributed by atoms with Crippen molar-refractivity contribution < 1.29 is 14.3 Å². The fourth-order valence-corrected chi connectivity index (χ4v) is 4.51. The number of hydrogen-bond donors (Lipinski definition) is 1. The highest BCUT2D eigenvalue weighted by molar-refractivity contribution is 7.16. The molecule has 1 aromatic heterocycles. The van der Waals surface area contributed by atoms with E-state index in [1.54, 1.807) is 12.1 Å². The third-order valence-corrected chi connectivity index (χ3v) is 6.27. The molecule has 4 rings (SSSR count).